The minimum atomic E-state index is -0.112. The molecular weight excluding hydrogens is 1630 g/mol. The molecule has 0 unspecified atom stereocenters. The summed E-state index contributed by atoms with van der Waals surface area (Å²) in [6, 6.07) is 54.1. The molecule has 0 aliphatic carbocycles. The Bertz CT molecular complexity index is 4850. The fourth-order valence-corrected chi connectivity index (χ4v) is 19.8. The normalized spacial score (nSPS) is 13.2. The highest BCUT2D eigenvalue weighted by molar-refractivity contribution is 5.74. The van der Waals surface area contributed by atoms with Gasteiger partial charge in [0.15, 0.2) is 0 Å². The van der Waals surface area contributed by atoms with Crippen LogP contribution in [-0.4, -0.2) is 96.4 Å². The van der Waals surface area contributed by atoms with Crippen molar-refractivity contribution in [1.82, 2.24) is 29.9 Å². The molecule has 3 heterocycles. The van der Waals surface area contributed by atoms with Gasteiger partial charge in [0.25, 0.3) is 0 Å². The Hall–Kier alpha value is -8.64. The Morgan fingerprint density at radius 2 is 0.463 bits per heavy atom. The van der Waals surface area contributed by atoms with Gasteiger partial charge in [-0.2, -0.15) is 9.97 Å². The molecule has 9 aromatic rings. The van der Waals surface area contributed by atoms with E-state index in [1.807, 2.05) is 0 Å². The van der Waals surface area contributed by atoms with Crippen molar-refractivity contribution in [2.45, 2.75) is 487 Å². The molecular formula is C122H196N12. The molecule has 9 rings (SSSR count). The summed E-state index contributed by atoms with van der Waals surface area (Å²) in [7, 11) is 0. The monoisotopic (exact) mass is 1830 g/mol. The van der Waals surface area contributed by atoms with E-state index in [9.17, 15) is 0 Å². The second-order valence-corrected chi connectivity index (χ2v) is 55.5. The predicted molar refractivity (Wildman–Crippen MR) is 595 cm³/mol. The van der Waals surface area contributed by atoms with Crippen LogP contribution in [0.15, 0.2) is 170 Å². The zero-order chi connectivity index (χ0) is 104. The highest BCUT2D eigenvalue weighted by atomic mass is 15.4. The van der Waals surface area contributed by atoms with E-state index >= 15 is 0 Å². The molecule has 0 N–H and O–H groups in total. The lowest BCUT2D eigenvalue weighted by atomic mass is 9.78. The second kappa shape index (κ2) is 42.4. The number of anilines is 6. The first-order chi connectivity index (χ1) is 59.8. The first kappa shape index (κ1) is 118. The van der Waals surface area contributed by atoms with E-state index < -0.39 is 0 Å². The number of nitrogens with zero attached hydrogens (tertiary/aromatic N) is 12. The van der Waals surface area contributed by atoms with Crippen molar-refractivity contribution in [1.29, 1.82) is 0 Å². The summed E-state index contributed by atoms with van der Waals surface area (Å²) in [6.45, 7) is 126. The van der Waals surface area contributed by atoms with Gasteiger partial charge in [-0.1, -0.05) is 240 Å². The third kappa shape index (κ3) is 33.3. The quantitative estimate of drug-likeness (QED) is 0.138. The molecule has 0 amide bonds. The van der Waals surface area contributed by atoms with Crippen LogP contribution in [0.1, 0.15) is 419 Å². The summed E-state index contributed by atoms with van der Waals surface area (Å²) in [6.07, 6.45) is 5.86. The predicted octanol–water partition coefficient (Wildman–Crippen LogP) is 34.3. The third-order valence-electron chi connectivity index (χ3n) is 22.7. The molecule has 744 valence electrons. The Kier molecular flexibility index (Phi) is 37.2. The molecule has 0 fully saturated rings. The molecule has 6 aromatic carbocycles. The smallest absolute Gasteiger partial charge is 0.229 e. The van der Waals surface area contributed by atoms with Gasteiger partial charge in [-0.25, -0.2) is 15.0 Å². The van der Waals surface area contributed by atoms with E-state index in [1.165, 1.54) is 84.1 Å². The topological polar surface area (TPSA) is 96.8 Å². The van der Waals surface area contributed by atoms with Gasteiger partial charge in [0, 0.05) is 123 Å². The first-order valence-corrected chi connectivity index (χ1v) is 49.7. The molecule has 12 heteroatoms. The Morgan fingerprint density at radius 1 is 0.201 bits per heavy atom. The van der Waals surface area contributed by atoms with Crippen LogP contribution in [0.4, 0.5) is 34.4 Å². The molecule has 134 heavy (non-hydrogen) atoms. The van der Waals surface area contributed by atoms with Gasteiger partial charge >= 0.3 is 0 Å². The molecule has 0 saturated heterocycles. The van der Waals surface area contributed by atoms with Gasteiger partial charge in [0.1, 0.15) is 18.0 Å². The molecule has 0 aliphatic rings. The lowest BCUT2D eigenvalue weighted by Gasteiger charge is -2.50. The third-order valence-corrected chi connectivity index (χ3v) is 22.7. The van der Waals surface area contributed by atoms with E-state index in [1.54, 1.807) is 6.33 Å². The Morgan fingerprint density at radius 3 is 0.746 bits per heavy atom. The van der Waals surface area contributed by atoms with Crippen molar-refractivity contribution in [2.24, 2.45) is 0 Å². The SMILES string of the molecule is CC(C)(C)N(c1ccc(-c2ccccc2)cc1)C(C)(C)C.CC(C)(C)N(c1cccc(-c2ccccc2)c1)C(C)(C)C.CC(C)(C)c1cncc(C(C)(C)C)c1N(C(C)(C)C)C(C)(C)C.CC(C)(C)c1nc(N(C(C)(C)C)C(C)(C)C)nc(C(C)(C)C)n1.CC(C)(C)c1ncnc(C(C)(C)C)c1N(C(C)(C)C)C(C)(C)C.Cc1cc(-c2ccccc2)cc(C)c1N(C(C)(C)C)C(C)(C)C. The highest BCUT2D eigenvalue weighted by Gasteiger charge is 2.44. The standard InChI is InChI=1S/C22H31N.C21H38N2.C20H37N3.2C20H27N.C19H36N4/c1-16-14-19(18-12-10-9-11-13-18)15-17(2)20(16)23(21(3,4)5)22(6,7)8;1-18(2,3)15-13-22-14-16(19(4,5)6)17(15)23(20(7,8)9)21(10,11)12;1-17(2,3)15-14(16(18(4,5)6)22-13-21-15)23(19(7,8)9)20(10,11)12;1-19(2,3)21(20(4,5)6)18-14-10-13-17(15-18)16-11-8-7-9-12-16;1-19(2,3)21(20(4,5)6)18-14-12-17(13-15-18)16-10-8-7-9-11-16;1-16(2,3)13-20-14(17(4,5)6)22-15(21-13)23(18(7,8)9)19(10,11)12/h9-15H,1-8H3;13-14H,1-12H3;13H,1-12H3;2*7-15H,1-6H3;1-12H3. The number of hydrogen-bond acceptors (Lipinski definition) is 12. The van der Waals surface area contributed by atoms with E-state index in [0.717, 1.165) is 29.0 Å². The molecule has 0 saturated carbocycles. The summed E-state index contributed by atoms with van der Waals surface area (Å²) >= 11 is 0. The van der Waals surface area contributed by atoms with Crippen LogP contribution in [0.2, 0.25) is 0 Å². The van der Waals surface area contributed by atoms with Crippen molar-refractivity contribution in [3.05, 3.63) is 216 Å². The fraction of sp³-hybridized carbons (Fsp3) is 0.607. The molecule has 0 aliphatic heterocycles. The zero-order valence-electron chi connectivity index (χ0n) is 96.5. The van der Waals surface area contributed by atoms with Crippen LogP contribution in [-0.2, 0) is 32.5 Å². The number of benzene rings is 6. The van der Waals surface area contributed by atoms with Crippen LogP contribution in [0.3, 0.4) is 0 Å². The summed E-state index contributed by atoms with van der Waals surface area (Å²) in [5, 5.41) is 0. The van der Waals surface area contributed by atoms with Crippen LogP contribution in [0.25, 0.3) is 33.4 Å². The van der Waals surface area contributed by atoms with Crippen LogP contribution in [0, 0.1) is 13.8 Å². The molecule has 0 atom stereocenters. The molecule has 12 nitrogen and oxygen atoms in total. The largest absolute Gasteiger partial charge is 0.362 e. The highest BCUT2D eigenvalue weighted by Crippen LogP contribution is 2.48. The van der Waals surface area contributed by atoms with Crippen molar-refractivity contribution in [2.75, 3.05) is 29.4 Å². The number of pyridine rings is 1. The van der Waals surface area contributed by atoms with Gasteiger partial charge in [-0.15, -0.1) is 0 Å². The van der Waals surface area contributed by atoms with Crippen molar-refractivity contribution in [3.63, 3.8) is 0 Å². The number of rotatable bonds is 9. The average molecular weight is 1830 g/mol. The van der Waals surface area contributed by atoms with Gasteiger partial charge in [0.2, 0.25) is 5.95 Å². The Labute approximate surface area is 824 Å². The number of aromatic nitrogens is 6. The summed E-state index contributed by atoms with van der Waals surface area (Å²) < 4.78 is 0. The van der Waals surface area contributed by atoms with E-state index in [-0.39, 0.29) is 99.0 Å². The maximum Gasteiger partial charge on any atom is 0.229 e. The second-order valence-electron chi connectivity index (χ2n) is 55.5. The number of aryl methyl sites for hydroxylation is 2. The van der Waals surface area contributed by atoms with Crippen molar-refractivity contribution < 1.29 is 0 Å². The minimum absolute atomic E-state index is 0.0248. The molecule has 0 spiro atoms. The first-order valence-electron chi connectivity index (χ1n) is 49.7. The van der Waals surface area contributed by atoms with Gasteiger partial charge < -0.3 is 29.4 Å². The van der Waals surface area contributed by atoms with Gasteiger partial charge in [-0.05, 0) is 366 Å². The van der Waals surface area contributed by atoms with Crippen LogP contribution in [0.5, 0.6) is 0 Å². The summed E-state index contributed by atoms with van der Waals surface area (Å²) in [5.41, 5.74) is 21.9. The van der Waals surface area contributed by atoms with E-state index in [0.29, 0.717) is 0 Å². The summed E-state index contributed by atoms with van der Waals surface area (Å²) in [4.78, 5) is 43.4. The zero-order valence-corrected chi connectivity index (χ0v) is 96.5. The average Bonchev–Trinajstić information content (AvgIpc) is 0.754. The Balaban J connectivity index is 0.000000336. The van der Waals surface area contributed by atoms with Gasteiger partial charge in [-0.3, -0.25) is 4.98 Å². The molecule has 0 bridgehead atoms. The fourth-order valence-electron chi connectivity index (χ4n) is 19.8. The minimum Gasteiger partial charge on any atom is -0.362 e. The maximum atomic E-state index is 4.86. The number of hydrogen-bond donors (Lipinski definition) is 0. The maximum absolute atomic E-state index is 4.86. The van der Waals surface area contributed by atoms with Crippen LogP contribution < -0.4 is 29.4 Å². The summed E-state index contributed by atoms with van der Waals surface area (Å²) in [5.74, 6) is 2.48. The lowest BCUT2D eigenvalue weighted by molar-refractivity contribution is 0.367. The van der Waals surface area contributed by atoms with Crippen molar-refractivity contribution >= 4 is 34.4 Å². The molecule has 3 aromatic heterocycles. The van der Waals surface area contributed by atoms with Crippen LogP contribution >= 0.6 is 0 Å². The molecule has 0 radical (unpaired) electrons. The van der Waals surface area contributed by atoms with Gasteiger partial charge in [0.05, 0.1) is 17.1 Å². The van der Waals surface area contributed by atoms with E-state index in [4.69, 9.17) is 24.9 Å². The lowest BCUT2D eigenvalue weighted by Crippen LogP contribution is -2.54. The van der Waals surface area contributed by atoms with E-state index in [2.05, 4.69) is 586 Å². The van der Waals surface area contributed by atoms with Crippen molar-refractivity contribution in [3.8, 4) is 33.4 Å².